The van der Waals surface area contributed by atoms with Crippen molar-refractivity contribution in [3.05, 3.63) is 52.9 Å². The Morgan fingerprint density at radius 2 is 1.65 bits per heavy atom. The van der Waals surface area contributed by atoms with E-state index in [1.165, 1.54) is 24.3 Å². The maximum absolute atomic E-state index is 11.9. The van der Waals surface area contributed by atoms with Crippen molar-refractivity contribution in [2.24, 2.45) is 0 Å². The highest BCUT2D eigenvalue weighted by Crippen LogP contribution is 2.32. The summed E-state index contributed by atoms with van der Waals surface area (Å²) in [6.07, 6.45) is 0. The summed E-state index contributed by atoms with van der Waals surface area (Å²) in [5.41, 5.74) is -0.217. The summed E-state index contributed by atoms with van der Waals surface area (Å²) in [7, 11) is 0. The summed E-state index contributed by atoms with van der Waals surface area (Å²) in [5, 5.41) is 29.1. The highest BCUT2D eigenvalue weighted by molar-refractivity contribution is 5.89. The van der Waals surface area contributed by atoms with Crippen LogP contribution in [0.3, 0.4) is 0 Å². The number of rotatable bonds is 1. The van der Waals surface area contributed by atoms with Gasteiger partial charge in [0.05, 0.1) is 0 Å². The summed E-state index contributed by atoms with van der Waals surface area (Å²) in [6.45, 7) is 0. The number of benzene rings is 2. The first-order valence-electron chi connectivity index (χ1n) is 5.84. The van der Waals surface area contributed by atoms with E-state index in [-0.39, 0.29) is 28.4 Å². The molecule has 0 amide bonds. The second-order valence-corrected chi connectivity index (χ2v) is 4.34. The standard InChI is InChI=1S/C15H10O5/c16-10-5-4-8(6-12(10)18)13-7-9-2-1-3-11(17)14(9)15(19)20-13/h1-7,16-18H. The summed E-state index contributed by atoms with van der Waals surface area (Å²) >= 11 is 0. The van der Waals surface area contributed by atoms with Crippen molar-refractivity contribution < 1.29 is 19.7 Å². The minimum absolute atomic E-state index is 0.110. The van der Waals surface area contributed by atoms with Gasteiger partial charge in [-0.05, 0) is 35.7 Å². The molecule has 0 atom stereocenters. The lowest BCUT2D eigenvalue weighted by Crippen LogP contribution is -2.00. The van der Waals surface area contributed by atoms with Crippen molar-refractivity contribution in [3.8, 4) is 28.6 Å². The van der Waals surface area contributed by atoms with Gasteiger partial charge >= 0.3 is 5.63 Å². The summed E-state index contributed by atoms with van der Waals surface area (Å²) in [4.78, 5) is 11.9. The SMILES string of the molecule is O=c1oc(-c2ccc(O)c(O)c2)cc2cccc(O)c12. The number of hydrogen-bond acceptors (Lipinski definition) is 5. The molecule has 20 heavy (non-hydrogen) atoms. The maximum Gasteiger partial charge on any atom is 0.347 e. The van der Waals surface area contributed by atoms with Crippen LogP contribution < -0.4 is 5.63 Å². The lowest BCUT2D eigenvalue weighted by Gasteiger charge is -2.05. The second kappa shape index (κ2) is 4.31. The van der Waals surface area contributed by atoms with Crippen molar-refractivity contribution in [1.82, 2.24) is 0 Å². The van der Waals surface area contributed by atoms with E-state index in [4.69, 9.17) is 4.42 Å². The molecule has 0 aliphatic carbocycles. The first-order valence-corrected chi connectivity index (χ1v) is 5.84. The van der Waals surface area contributed by atoms with Crippen LogP contribution in [0, 0.1) is 0 Å². The fraction of sp³-hybridized carbons (Fsp3) is 0. The number of hydrogen-bond donors (Lipinski definition) is 3. The molecular formula is C15H10O5. The zero-order valence-corrected chi connectivity index (χ0v) is 10.2. The van der Waals surface area contributed by atoms with Gasteiger partial charge in [-0.25, -0.2) is 4.79 Å². The van der Waals surface area contributed by atoms with Crippen molar-refractivity contribution in [2.45, 2.75) is 0 Å². The van der Waals surface area contributed by atoms with Crippen LogP contribution in [-0.2, 0) is 0 Å². The number of phenolic OH excluding ortho intramolecular Hbond substituents is 3. The molecule has 2 aromatic carbocycles. The van der Waals surface area contributed by atoms with Gasteiger partial charge in [0.15, 0.2) is 11.5 Å². The Morgan fingerprint density at radius 3 is 2.40 bits per heavy atom. The molecule has 0 fully saturated rings. The molecule has 0 saturated heterocycles. The average Bonchev–Trinajstić information content (AvgIpc) is 2.41. The minimum Gasteiger partial charge on any atom is -0.507 e. The normalized spacial score (nSPS) is 10.8. The van der Waals surface area contributed by atoms with Gasteiger partial charge in [0.1, 0.15) is 16.9 Å². The zero-order chi connectivity index (χ0) is 14.3. The fourth-order valence-electron chi connectivity index (χ4n) is 2.04. The number of aromatic hydroxyl groups is 3. The third-order valence-electron chi connectivity index (χ3n) is 3.03. The molecular weight excluding hydrogens is 260 g/mol. The van der Waals surface area contributed by atoms with Gasteiger partial charge in [-0.2, -0.15) is 0 Å². The van der Waals surface area contributed by atoms with E-state index < -0.39 is 5.63 Å². The molecule has 0 bridgehead atoms. The molecule has 0 radical (unpaired) electrons. The Morgan fingerprint density at radius 1 is 0.850 bits per heavy atom. The molecule has 1 aromatic heterocycles. The van der Waals surface area contributed by atoms with Gasteiger partial charge in [-0.3, -0.25) is 0 Å². The smallest absolute Gasteiger partial charge is 0.347 e. The van der Waals surface area contributed by atoms with E-state index in [9.17, 15) is 20.1 Å². The van der Waals surface area contributed by atoms with Crippen LogP contribution in [0.25, 0.3) is 22.1 Å². The van der Waals surface area contributed by atoms with Gasteiger partial charge in [0, 0.05) is 5.56 Å². The van der Waals surface area contributed by atoms with Crippen molar-refractivity contribution in [3.63, 3.8) is 0 Å². The minimum atomic E-state index is -0.664. The molecule has 5 nitrogen and oxygen atoms in total. The Labute approximate surface area is 113 Å². The van der Waals surface area contributed by atoms with Crippen LogP contribution in [0.4, 0.5) is 0 Å². The Bertz CT molecular complexity index is 864. The Kier molecular flexibility index (Phi) is 2.61. The lowest BCUT2D eigenvalue weighted by molar-refractivity contribution is 0.403. The maximum atomic E-state index is 11.9. The molecule has 100 valence electrons. The van der Waals surface area contributed by atoms with E-state index >= 15 is 0 Å². The fourth-order valence-corrected chi connectivity index (χ4v) is 2.04. The van der Waals surface area contributed by atoms with Gasteiger partial charge in [0.2, 0.25) is 0 Å². The van der Waals surface area contributed by atoms with Crippen LogP contribution >= 0.6 is 0 Å². The van der Waals surface area contributed by atoms with Gasteiger partial charge in [-0.1, -0.05) is 12.1 Å². The van der Waals surface area contributed by atoms with Crippen LogP contribution in [0.5, 0.6) is 17.2 Å². The monoisotopic (exact) mass is 270 g/mol. The number of fused-ring (bicyclic) bond motifs is 1. The highest BCUT2D eigenvalue weighted by atomic mass is 16.4. The lowest BCUT2D eigenvalue weighted by atomic mass is 10.1. The first-order chi connectivity index (χ1) is 9.56. The molecule has 5 heteroatoms. The third-order valence-corrected chi connectivity index (χ3v) is 3.03. The van der Waals surface area contributed by atoms with Gasteiger partial charge in [0.25, 0.3) is 0 Å². The van der Waals surface area contributed by atoms with Gasteiger partial charge < -0.3 is 19.7 Å². The van der Waals surface area contributed by atoms with Crippen molar-refractivity contribution in [2.75, 3.05) is 0 Å². The second-order valence-electron chi connectivity index (χ2n) is 4.34. The number of phenols is 3. The third kappa shape index (κ3) is 1.85. The first kappa shape index (κ1) is 12.1. The summed E-state index contributed by atoms with van der Waals surface area (Å²) in [6, 6.07) is 10.4. The quantitative estimate of drug-likeness (QED) is 0.591. The van der Waals surface area contributed by atoms with Crippen LogP contribution in [0.15, 0.2) is 51.7 Å². The highest BCUT2D eigenvalue weighted by Gasteiger charge is 2.11. The van der Waals surface area contributed by atoms with Gasteiger partial charge in [-0.15, -0.1) is 0 Å². The molecule has 0 aliphatic rings. The largest absolute Gasteiger partial charge is 0.507 e. The Balaban J connectivity index is 2.27. The van der Waals surface area contributed by atoms with E-state index in [1.807, 2.05) is 0 Å². The zero-order valence-electron chi connectivity index (χ0n) is 10.2. The van der Waals surface area contributed by atoms with E-state index in [0.717, 1.165) is 0 Å². The molecule has 0 spiro atoms. The molecule has 3 aromatic rings. The molecule has 0 saturated carbocycles. The average molecular weight is 270 g/mol. The molecule has 3 N–H and O–H groups in total. The van der Waals surface area contributed by atoms with Crippen molar-refractivity contribution >= 4 is 10.8 Å². The molecule has 1 heterocycles. The summed E-state index contributed by atoms with van der Waals surface area (Å²) in [5.74, 6) is -0.463. The molecule has 0 aliphatic heterocycles. The molecule has 3 rings (SSSR count). The van der Waals surface area contributed by atoms with Crippen molar-refractivity contribution in [1.29, 1.82) is 0 Å². The van der Waals surface area contributed by atoms with E-state index in [2.05, 4.69) is 0 Å². The Hall–Kier alpha value is -2.95. The van der Waals surface area contributed by atoms with Crippen LogP contribution in [-0.4, -0.2) is 15.3 Å². The predicted octanol–water partition coefficient (Wildman–Crippen LogP) is 2.58. The molecule has 0 unspecified atom stereocenters. The summed E-state index contributed by atoms with van der Waals surface area (Å²) < 4.78 is 5.14. The predicted molar refractivity (Wildman–Crippen MR) is 72.9 cm³/mol. The van der Waals surface area contributed by atoms with Crippen LogP contribution in [0.2, 0.25) is 0 Å². The van der Waals surface area contributed by atoms with Crippen LogP contribution in [0.1, 0.15) is 0 Å². The topological polar surface area (TPSA) is 90.9 Å². The van der Waals surface area contributed by atoms with E-state index in [0.29, 0.717) is 10.9 Å². The van der Waals surface area contributed by atoms with E-state index in [1.54, 1.807) is 18.2 Å².